The largest absolute Gasteiger partial charge is 0.462 e. The first-order valence-corrected chi connectivity index (χ1v) is 11.3. The third-order valence-corrected chi connectivity index (χ3v) is 6.11. The molecule has 0 fully saturated rings. The van der Waals surface area contributed by atoms with Crippen LogP contribution in [-0.2, 0) is 16.1 Å². The highest BCUT2D eigenvalue weighted by atomic mass is 79.9. The van der Waals surface area contributed by atoms with Crippen molar-refractivity contribution < 1.29 is 14.3 Å². The summed E-state index contributed by atoms with van der Waals surface area (Å²) in [6.45, 7) is 4.33. The Morgan fingerprint density at radius 3 is 2.50 bits per heavy atom. The monoisotopic (exact) mass is 486 g/mol. The van der Waals surface area contributed by atoms with Gasteiger partial charge in [0.2, 0.25) is 5.91 Å². The van der Waals surface area contributed by atoms with Gasteiger partial charge in [0.15, 0.2) is 0 Å². The molecule has 0 bridgehead atoms. The average molecular weight is 487 g/mol. The van der Waals surface area contributed by atoms with Crippen LogP contribution in [0, 0.1) is 0 Å². The van der Waals surface area contributed by atoms with Crippen molar-refractivity contribution in [2.45, 2.75) is 30.7 Å². The molecule has 0 aliphatic carbocycles. The van der Waals surface area contributed by atoms with Crippen molar-refractivity contribution in [2.24, 2.45) is 0 Å². The third kappa shape index (κ3) is 5.55. The van der Waals surface area contributed by atoms with Crippen molar-refractivity contribution in [1.29, 1.82) is 0 Å². The van der Waals surface area contributed by atoms with E-state index in [0.717, 1.165) is 21.2 Å². The molecular weight excluding hydrogens is 464 g/mol. The van der Waals surface area contributed by atoms with Crippen molar-refractivity contribution in [3.05, 3.63) is 76.4 Å². The Morgan fingerprint density at radius 1 is 1.13 bits per heavy atom. The molecule has 0 spiro atoms. The summed E-state index contributed by atoms with van der Waals surface area (Å²) in [4.78, 5) is 28.4. The lowest BCUT2D eigenvalue weighted by Gasteiger charge is -2.13. The van der Waals surface area contributed by atoms with E-state index in [-0.39, 0.29) is 12.5 Å². The van der Waals surface area contributed by atoms with E-state index in [1.165, 1.54) is 11.8 Å². The number of H-pyrrole nitrogens is 1. The van der Waals surface area contributed by atoms with Gasteiger partial charge in [-0.05, 0) is 37.1 Å². The van der Waals surface area contributed by atoms with Gasteiger partial charge in [0.1, 0.15) is 0 Å². The van der Waals surface area contributed by atoms with Crippen molar-refractivity contribution >= 4 is 39.6 Å². The fourth-order valence-electron chi connectivity index (χ4n) is 2.92. The summed E-state index contributed by atoms with van der Waals surface area (Å²) >= 11 is 4.74. The number of rotatable bonds is 8. The quantitative estimate of drug-likeness (QED) is 0.329. The highest BCUT2D eigenvalue weighted by Crippen LogP contribution is 2.34. The van der Waals surface area contributed by atoms with Crippen molar-refractivity contribution in [3.63, 3.8) is 0 Å². The minimum atomic E-state index is -0.406. The highest BCUT2D eigenvalue weighted by Gasteiger charge is 2.24. The number of carbonyl (C=O) groups is 2. The van der Waals surface area contributed by atoms with Gasteiger partial charge in [0, 0.05) is 22.8 Å². The summed E-state index contributed by atoms with van der Waals surface area (Å²) in [6, 6.07) is 17.4. The molecule has 0 unspecified atom stereocenters. The molecular formula is C23H23BrN2O3S. The number of amides is 1. The molecule has 7 heteroatoms. The number of hydrogen-bond acceptors (Lipinski definition) is 4. The van der Waals surface area contributed by atoms with E-state index in [9.17, 15) is 9.59 Å². The van der Waals surface area contributed by atoms with Crippen molar-refractivity contribution in [2.75, 3.05) is 6.61 Å². The van der Waals surface area contributed by atoms with Crippen LogP contribution < -0.4 is 5.32 Å². The number of nitrogens with one attached hydrogen (secondary N) is 2. The minimum absolute atomic E-state index is 0.0987. The molecule has 2 aromatic carbocycles. The smallest absolute Gasteiger partial charge is 0.341 e. The van der Waals surface area contributed by atoms with Crippen LogP contribution >= 0.6 is 27.7 Å². The molecule has 0 aliphatic heterocycles. The molecule has 156 valence electrons. The van der Waals surface area contributed by atoms with E-state index >= 15 is 0 Å². The van der Waals surface area contributed by atoms with Crippen LogP contribution in [0.4, 0.5) is 0 Å². The molecule has 0 saturated carbocycles. The summed E-state index contributed by atoms with van der Waals surface area (Å²) in [7, 11) is 0. The van der Waals surface area contributed by atoms with Gasteiger partial charge < -0.3 is 15.0 Å². The van der Waals surface area contributed by atoms with Gasteiger partial charge >= 0.3 is 5.97 Å². The zero-order chi connectivity index (χ0) is 21.5. The molecule has 1 aromatic heterocycles. The first kappa shape index (κ1) is 22.2. The van der Waals surface area contributed by atoms with Crippen LogP contribution in [0.3, 0.4) is 0 Å². The van der Waals surface area contributed by atoms with E-state index in [1.807, 2.05) is 61.5 Å². The van der Waals surface area contributed by atoms with Crippen LogP contribution in [0.1, 0.15) is 29.8 Å². The summed E-state index contributed by atoms with van der Waals surface area (Å²) in [5.41, 5.74) is 3.13. The van der Waals surface area contributed by atoms with E-state index in [1.54, 1.807) is 13.1 Å². The van der Waals surface area contributed by atoms with Gasteiger partial charge in [-0.3, -0.25) is 4.79 Å². The molecule has 1 atom stereocenters. The fraction of sp³-hybridized carbons (Fsp3) is 0.217. The van der Waals surface area contributed by atoms with Crippen LogP contribution in [-0.4, -0.2) is 28.7 Å². The molecule has 3 rings (SSSR count). The maximum Gasteiger partial charge on any atom is 0.341 e. The molecule has 0 radical (unpaired) electrons. The van der Waals surface area contributed by atoms with Gasteiger partial charge in [-0.2, -0.15) is 0 Å². The van der Waals surface area contributed by atoms with E-state index in [2.05, 4.69) is 26.2 Å². The number of aromatic amines is 1. The van der Waals surface area contributed by atoms with Gasteiger partial charge in [0.25, 0.3) is 0 Å². The van der Waals surface area contributed by atoms with Crippen LogP contribution in [0.15, 0.2) is 70.3 Å². The number of esters is 1. The van der Waals surface area contributed by atoms with Crippen LogP contribution in [0.5, 0.6) is 0 Å². The van der Waals surface area contributed by atoms with Crippen molar-refractivity contribution in [1.82, 2.24) is 10.3 Å². The first-order valence-electron chi connectivity index (χ1n) is 9.62. The fourth-order valence-corrected chi connectivity index (χ4v) is 4.17. The van der Waals surface area contributed by atoms with Crippen LogP contribution in [0.25, 0.3) is 11.1 Å². The zero-order valence-electron chi connectivity index (χ0n) is 16.8. The second kappa shape index (κ2) is 10.5. The van der Waals surface area contributed by atoms with E-state index < -0.39 is 11.2 Å². The number of hydrogen-bond donors (Lipinski definition) is 2. The Bertz CT molecular complexity index is 1000. The van der Waals surface area contributed by atoms with Gasteiger partial charge in [0.05, 0.1) is 22.4 Å². The maximum atomic E-state index is 12.7. The zero-order valence-corrected chi connectivity index (χ0v) is 19.2. The molecule has 0 aliphatic rings. The Kier molecular flexibility index (Phi) is 7.76. The summed E-state index contributed by atoms with van der Waals surface area (Å²) in [5, 5.41) is 3.17. The maximum absolute atomic E-state index is 12.7. The number of thioether (sulfide) groups is 1. The predicted octanol–water partition coefficient (Wildman–Crippen LogP) is 5.42. The first-order chi connectivity index (χ1) is 14.5. The Hall–Kier alpha value is -2.51. The molecule has 2 N–H and O–H groups in total. The molecule has 1 heterocycles. The SMILES string of the molecule is CCOC(=O)c1c(-c2ccc(Br)cc2)c[nH]c1S[C@H](C)C(=O)NCc1ccccc1. The Labute approximate surface area is 188 Å². The molecule has 1 amide bonds. The summed E-state index contributed by atoms with van der Waals surface area (Å²) in [5.74, 6) is -0.505. The number of halogens is 1. The lowest BCUT2D eigenvalue weighted by molar-refractivity contribution is -0.120. The average Bonchev–Trinajstić information content (AvgIpc) is 3.17. The predicted molar refractivity (Wildman–Crippen MR) is 123 cm³/mol. The number of carbonyl (C=O) groups excluding carboxylic acids is 2. The number of aromatic nitrogens is 1. The molecule has 30 heavy (non-hydrogen) atoms. The Balaban J connectivity index is 1.78. The summed E-state index contributed by atoms with van der Waals surface area (Å²) < 4.78 is 6.23. The van der Waals surface area contributed by atoms with Gasteiger partial charge in [-0.25, -0.2) is 4.79 Å². The lowest BCUT2D eigenvalue weighted by atomic mass is 10.1. The second-order valence-electron chi connectivity index (χ2n) is 6.60. The molecule has 3 aromatic rings. The van der Waals surface area contributed by atoms with Crippen LogP contribution in [0.2, 0.25) is 0 Å². The van der Waals surface area contributed by atoms with Gasteiger partial charge in [-0.15, -0.1) is 0 Å². The topological polar surface area (TPSA) is 71.2 Å². The number of benzene rings is 2. The van der Waals surface area contributed by atoms with E-state index in [4.69, 9.17) is 4.74 Å². The third-order valence-electron chi connectivity index (χ3n) is 4.45. The normalized spacial score (nSPS) is 11.7. The highest BCUT2D eigenvalue weighted by molar-refractivity contribution is 9.10. The molecule has 5 nitrogen and oxygen atoms in total. The second-order valence-corrected chi connectivity index (χ2v) is 8.86. The molecule has 0 saturated heterocycles. The summed E-state index contributed by atoms with van der Waals surface area (Å²) in [6.07, 6.45) is 1.78. The lowest BCUT2D eigenvalue weighted by Crippen LogP contribution is -2.30. The van der Waals surface area contributed by atoms with E-state index in [0.29, 0.717) is 17.1 Å². The minimum Gasteiger partial charge on any atom is -0.462 e. The standard InChI is InChI=1S/C23H23BrN2O3S/c1-3-29-23(28)20-19(17-9-11-18(24)12-10-17)14-26-22(20)30-15(2)21(27)25-13-16-7-5-4-6-8-16/h4-12,14-15,26H,3,13H2,1-2H3,(H,25,27)/t15-/m1/s1. The number of ether oxygens (including phenoxy) is 1. The Morgan fingerprint density at radius 2 is 1.83 bits per heavy atom. The van der Waals surface area contributed by atoms with Crippen molar-refractivity contribution in [3.8, 4) is 11.1 Å². The van der Waals surface area contributed by atoms with Gasteiger partial charge in [-0.1, -0.05) is 70.2 Å².